The topological polar surface area (TPSA) is 88.4 Å². The van der Waals surface area contributed by atoms with Crippen molar-refractivity contribution in [1.82, 2.24) is 29.5 Å². The number of hydrogen-bond acceptors (Lipinski definition) is 5. The Bertz CT molecular complexity index is 1150. The molecule has 1 aliphatic heterocycles. The molecular weight excluding hydrogens is 356 g/mol. The van der Waals surface area contributed by atoms with Gasteiger partial charge >= 0.3 is 0 Å². The van der Waals surface area contributed by atoms with Crippen LogP contribution >= 0.6 is 0 Å². The van der Waals surface area contributed by atoms with Crippen LogP contribution in [0.15, 0.2) is 55.1 Å². The average molecular weight is 374 g/mol. The maximum atomic E-state index is 13.3. The summed E-state index contributed by atoms with van der Waals surface area (Å²) in [4.78, 5) is 27.0. The van der Waals surface area contributed by atoms with Crippen molar-refractivity contribution in [2.24, 2.45) is 0 Å². The number of nitrogens with zero attached hydrogens (tertiary/aromatic N) is 5. The number of benzene rings is 1. The van der Waals surface area contributed by atoms with Gasteiger partial charge in [0, 0.05) is 12.5 Å². The van der Waals surface area contributed by atoms with E-state index in [1.807, 2.05) is 41.3 Å². The highest BCUT2D eigenvalue weighted by Gasteiger charge is 2.32. The number of H-pyrrole nitrogens is 1. The Morgan fingerprint density at radius 1 is 1.18 bits per heavy atom. The van der Waals surface area contributed by atoms with E-state index >= 15 is 0 Å². The molecule has 0 bridgehead atoms. The molecule has 0 aliphatic carbocycles. The number of nitrogens with one attached hydrogen (secondary N) is 1. The number of aromatic amines is 1. The van der Waals surface area contributed by atoms with Gasteiger partial charge in [-0.3, -0.25) is 4.79 Å². The maximum Gasteiger partial charge on any atom is 0.272 e. The molecule has 8 nitrogen and oxygen atoms in total. The first-order valence-corrected chi connectivity index (χ1v) is 8.98. The third kappa shape index (κ3) is 2.61. The van der Waals surface area contributed by atoms with Crippen LogP contribution in [-0.2, 0) is 6.54 Å². The van der Waals surface area contributed by atoms with Crippen LogP contribution in [0.25, 0.3) is 5.65 Å². The second-order valence-electron chi connectivity index (χ2n) is 6.72. The lowest BCUT2D eigenvalue weighted by Gasteiger charge is -2.32. The van der Waals surface area contributed by atoms with Gasteiger partial charge < -0.3 is 14.6 Å². The molecule has 1 unspecified atom stereocenters. The van der Waals surface area contributed by atoms with Gasteiger partial charge in [0.15, 0.2) is 5.65 Å². The number of methoxy groups -OCH3 is 1. The molecule has 5 rings (SSSR count). The van der Waals surface area contributed by atoms with E-state index in [1.54, 1.807) is 24.0 Å². The number of hydrogen-bond donors (Lipinski definition) is 1. The first-order valence-electron chi connectivity index (χ1n) is 8.98. The van der Waals surface area contributed by atoms with Gasteiger partial charge in [0.1, 0.15) is 17.8 Å². The first kappa shape index (κ1) is 16.5. The van der Waals surface area contributed by atoms with E-state index in [1.165, 1.54) is 6.33 Å². The van der Waals surface area contributed by atoms with Gasteiger partial charge in [-0.15, -0.1) is 0 Å². The molecule has 140 valence electrons. The van der Waals surface area contributed by atoms with Crippen LogP contribution in [-0.4, -0.2) is 49.0 Å². The minimum absolute atomic E-state index is 0.0141. The molecule has 1 amide bonds. The Balaban J connectivity index is 1.51. The number of carbonyl (C=O) groups is 1. The monoisotopic (exact) mass is 374 g/mol. The zero-order chi connectivity index (χ0) is 19.1. The van der Waals surface area contributed by atoms with Crippen molar-refractivity contribution in [3.05, 3.63) is 77.8 Å². The molecule has 28 heavy (non-hydrogen) atoms. The number of carbonyl (C=O) groups excluding carboxylic acids is 1. The fraction of sp³-hybridized carbons (Fsp3) is 0.200. The van der Waals surface area contributed by atoms with Crippen LogP contribution in [0.4, 0.5) is 0 Å². The predicted octanol–water partition coefficient (Wildman–Crippen LogP) is 2.25. The van der Waals surface area contributed by atoms with Gasteiger partial charge in [-0.25, -0.2) is 14.5 Å². The lowest BCUT2D eigenvalue weighted by Crippen LogP contribution is -2.39. The molecular formula is C20H18N6O2. The number of amides is 1. The largest absolute Gasteiger partial charge is 0.497 e. The molecule has 3 aromatic heterocycles. The molecule has 1 aliphatic rings. The number of ether oxygens (including phenoxy) is 1. The van der Waals surface area contributed by atoms with Gasteiger partial charge in [0.25, 0.3) is 5.91 Å². The summed E-state index contributed by atoms with van der Waals surface area (Å²) in [5, 5.41) is 4.19. The number of aromatic nitrogens is 5. The Kier molecular flexibility index (Phi) is 3.82. The van der Waals surface area contributed by atoms with Crippen molar-refractivity contribution in [3.8, 4) is 5.75 Å². The third-order valence-corrected chi connectivity index (χ3v) is 5.16. The number of pyridine rings is 1. The van der Waals surface area contributed by atoms with Gasteiger partial charge in [0.05, 0.1) is 31.4 Å². The summed E-state index contributed by atoms with van der Waals surface area (Å²) in [6.45, 7) is 1.01. The van der Waals surface area contributed by atoms with Crippen molar-refractivity contribution >= 4 is 11.6 Å². The molecule has 0 radical (unpaired) electrons. The lowest BCUT2D eigenvalue weighted by atomic mass is 9.90. The molecule has 1 N–H and O–H groups in total. The Morgan fingerprint density at radius 2 is 2.04 bits per heavy atom. The fourth-order valence-electron chi connectivity index (χ4n) is 3.74. The van der Waals surface area contributed by atoms with E-state index < -0.39 is 0 Å². The van der Waals surface area contributed by atoms with Crippen LogP contribution in [0.3, 0.4) is 0 Å². The minimum atomic E-state index is -0.0881. The Morgan fingerprint density at radius 3 is 2.86 bits per heavy atom. The quantitative estimate of drug-likeness (QED) is 0.594. The van der Waals surface area contributed by atoms with Crippen molar-refractivity contribution in [2.45, 2.75) is 12.5 Å². The molecule has 1 aromatic carbocycles. The normalized spacial score (nSPS) is 16.2. The summed E-state index contributed by atoms with van der Waals surface area (Å²) in [6.07, 6.45) is 3.14. The predicted molar refractivity (Wildman–Crippen MR) is 101 cm³/mol. The molecule has 1 atom stereocenters. The minimum Gasteiger partial charge on any atom is -0.497 e. The number of rotatable bonds is 3. The summed E-state index contributed by atoms with van der Waals surface area (Å²) < 4.78 is 6.84. The van der Waals surface area contributed by atoms with E-state index in [0.717, 1.165) is 22.7 Å². The van der Waals surface area contributed by atoms with Crippen LogP contribution in [0.2, 0.25) is 0 Å². The van der Waals surface area contributed by atoms with E-state index in [9.17, 15) is 4.79 Å². The maximum absolute atomic E-state index is 13.3. The lowest BCUT2D eigenvalue weighted by molar-refractivity contribution is 0.0713. The highest BCUT2D eigenvalue weighted by atomic mass is 16.5. The molecule has 0 fully saturated rings. The number of imidazole rings is 1. The third-order valence-electron chi connectivity index (χ3n) is 5.16. The highest BCUT2D eigenvalue weighted by Crippen LogP contribution is 2.33. The zero-order valence-electron chi connectivity index (χ0n) is 15.2. The van der Waals surface area contributed by atoms with Crippen molar-refractivity contribution in [1.29, 1.82) is 0 Å². The van der Waals surface area contributed by atoms with Crippen LogP contribution in [0, 0.1) is 0 Å². The molecule has 4 aromatic rings. The number of fused-ring (bicyclic) bond motifs is 2. The second-order valence-corrected chi connectivity index (χ2v) is 6.72. The fourth-order valence-corrected chi connectivity index (χ4v) is 3.74. The van der Waals surface area contributed by atoms with Crippen LogP contribution < -0.4 is 4.74 Å². The van der Waals surface area contributed by atoms with Crippen LogP contribution in [0.5, 0.6) is 5.75 Å². The summed E-state index contributed by atoms with van der Waals surface area (Å²) in [5.74, 6) is 0.697. The second kappa shape index (κ2) is 6.49. The van der Waals surface area contributed by atoms with E-state index in [0.29, 0.717) is 24.4 Å². The zero-order valence-corrected chi connectivity index (χ0v) is 15.2. The van der Waals surface area contributed by atoms with Crippen molar-refractivity contribution in [3.63, 3.8) is 0 Å². The van der Waals surface area contributed by atoms with Gasteiger partial charge in [-0.1, -0.05) is 18.2 Å². The van der Waals surface area contributed by atoms with E-state index in [4.69, 9.17) is 4.74 Å². The van der Waals surface area contributed by atoms with E-state index in [-0.39, 0.29) is 11.8 Å². The summed E-state index contributed by atoms with van der Waals surface area (Å²) >= 11 is 0. The first-order chi connectivity index (χ1) is 13.7. The van der Waals surface area contributed by atoms with Crippen LogP contribution in [0.1, 0.15) is 33.4 Å². The standard InChI is InChI=1S/C20H18N6O2/c1-28-14-7-5-13(6-8-14)15-9-25(10-16-19(15)23-11-21-16)20(27)17-3-2-4-18-22-12-24-26(17)18/h2-8,11-12,15H,9-10H2,1H3,(H,21,23). The average Bonchev–Trinajstić information content (AvgIpc) is 3.41. The summed E-state index contributed by atoms with van der Waals surface area (Å²) in [6, 6.07) is 13.3. The SMILES string of the molecule is COc1ccc(C2CN(C(=O)c3cccc4ncnn34)Cc3[nH]cnc32)cc1. The smallest absolute Gasteiger partial charge is 0.272 e. The summed E-state index contributed by atoms with van der Waals surface area (Å²) in [5.41, 5.74) is 4.16. The van der Waals surface area contributed by atoms with E-state index in [2.05, 4.69) is 20.1 Å². The Hall–Kier alpha value is -3.68. The molecule has 8 heteroatoms. The van der Waals surface area contributed by atoms with Gasteiger partial charge in [-0.2, -0.15) is 5.10 Å². The van der Waals surface area contributed by atoms with Crippen molar-refractivity contribution < 1.29 is 9.53 Å². The molecule has 0 saturated heterocycles. The summed E-state index contributed by atoms with van der Waals surface area (Å²) in [7, 11) is 1.65. The molecule has 4 heterocycles. The Labute approximate surface area is 160 Å². The molecule has 0 spiro atoms. The van der Waals surface area contributed by atoms with Crippen molar-refractivity contribution in [2.75, 3.05) is 13.7 Å². The van der Waals surface area contributed by atoms with Gasteiger partial charge in [0.2, 0.25) is 0 Å². The molecule has 0 saturated carbocycles. The van der Waals surface area contributed by atoms with Gasteiger partial charge in [-0.05, 0) is 29.8 Å². The highest BCUT2D eigenvalue weighted by molar-refractivity contribution is 5.93.